The van der Waals surface area contributed by atoms with E-state index >= 15 is 0 Å². The van der Waals surface area contributed by atoms with Gasteiger partial charge in [-0.25, -0.2) is 0 Å². The molecule has 0 saturated heterocycles. The maximum absolute atomic E-state index is 12.1. The lowest BCUT2D eigenvalue weighted by Crippen LogP contribution is -2.09. The highest BCUT2D eigenvalue weighted by atomic mass is 16.5. The minimum atomic E-state index is -0.250. The number of carbonyl (C=O) groups is 1. The van der Waals surface area contributed by atoms with Crippen LogP contribution < -0.4 is 19.5 Å². The van der Waals surface area contributed by atoms with Crippen molar-refractivity contribution < 1.29 is 19.0 Å². The molecule has 0 unspecified atom stereocenters. The van der Waals surface area contributed by atoms with Crippen molar-refractivity contribution in [3.8, 4) is 17.2 Å². The second kappa shape index (κ2) is 8.62. The summed E-state index contributed by atoms with van der Waals surface area (Å²) >= 11 is 0. The van der Waals surface area contributed by atoms with Crippen LogP contribution in [0.5, 0.6) is 17.2 Å². The summed E-state index contributed by atoms with van der Waals surface area (Å²) in [5.74, 6) is 1.72. The van der Waals surface area contributed by atoms with E-state index in [1.165, 1.54) is 6.08 Å². The Morgan fingerprint density at radius 1 is 1.08 bits per heavy atom. The van der Waals surface area contributed by atoms with Gasteiger partial charge in [-0.2, -0.15) is 0 Å². The van der Waals surface area contributed by atoms with Crippen molar-refractivity contribution in [3.63, 3.8) is 0 Å². The van der Waals surface area contributed by atoms with E-state index < -0.39 is 0 Å². The van der Waals surface area contributed by atoms with Gasteiger partial charge in [0.25, 0.3) is 0 Å². The minimum absolute atomic E-state index is 0.250. The molecule has 2 rings (SSSR count). The summed E-state index contributed by atoms with van der Waals surface area (Å²) in [5, 5.41) is 2.81. The Bertz CT molecular complexity index is 725. The fourth-order valence-corrected chi connectivity index (χ4v) is 2.15. The zero-order valence-electron chi connectivity index (χ0n) is 14.0. The number of methoxy groups -OCH3 is 2. The van der Waals surface area contributed by atoms with E-state index in [2.05, 4.69) is 5.32 Å². The minimum Gasteiger partial charge on any atom is -0.497 e. The van der Waals surface area contributed by atoms with E-state index in [0.717, 1.165) is 5.56 Å². The molecule has 5 nitrogen and oxygen atoms in total. The summed E-state index contributed by atoms with van der Waals surface area (Å²) < 4.78 is 16.0. The van der Waals surface area contributed by atoms with E-state index in [0.29, 0.717) is 29.5 Å². The molecule has 0 heterocycles. The fourth-order valence-electron chi connectivity index (χ4n) is 2.15. The fraction of sp³-hybridized carbons (Fsp3) is 0.211. The third kappa shape index (κ3) is 4.52. The number of benzene rings is 2. The molecule has 0 fully saturated rings. The third-order valence-corrected chi connectivity index (χ3v) is 3.30. The van der Waals surface area contributed by atoms with Crippen molar-refractivity contribution in [1.82, 2.24) is 0 Å². The smallest absolute Gasteiger partial charge is 0.248 e. The molecule has 5 heteroatoms. The van der Waals surface area contributed by atoms with Gasteiger partial charge in [0.15, 0.2) is 0 Å². The Labute approximate surface area is 141 Å². The van der Waals surface area contributed by atoms with E-state index in [4.69, 9.17) is 14.2 Å². The van der Waals surface area contributed by atoms with Crippen LogP contribution in [0, 0.1) is 0 Å². The van der Waals surface area contributed by atoms with E-state index in [-0.39, 0.29) is 5.91 Å². The van der Waals surface area contributed by atoms with Crippen LogP contribution >= 0.6 is 0 Å². The monoisotopic (exact) mass is 327 g/mol. The van der Waals surface area contributed by atoms with Gasteiger partial charge in [0.05, 0.1) is 26.5 Å². The molecule has 1 N–H and O–H groups in total. The molecule has 0 saturated carbocycles. The quantitative estimate of drug-likeness (QED) is 0.787. The Morgan fingerprint density at radius 3 is 2.58 bits per heavy atom. The van der Waals surface area contributed by atoms with Crippen LogP contribution in [0.1, 0.15) is 12.5 Å². The van der Waals surface area contributed by atoms with Crippen molar-refractivity contribution in [1.29, 1.82) is 0 Å². The predicted molar refractivity (Wildman–Crippen MR) is 94.8 cm³/mol. The summed E-state index contributed by atoms with van der Waals surface area (Å²) in [5.41, 5.74) is 1.42. The molecule has 0 radical (unpaired) electrons. The van der Waals surface area contributed by atoms with Crippen LogP contribution in [0.4, 0.5) is 5.69 Å². The predicted octanol–water partition coefficient (Wildman–Crippen LogP) is 3.75. The summed E-state index contributed by atoms with van der Waals surface area (Å²) in [7, 11) is 3.16. The zero-order valence-corrected chi connectivity index (χ0v) is 14.0. The van der Waals surface area contributed by atoms with E-state index in [9.17, 15) is 4.79 Å². The molecular formula is C19H21NO4. The van der Waals surface area contributed by atoms with Gasteiger partial charge >= 0.3 is 0 Å². The van der Waals surface area contributed by atoms with Crippen molar-refractivity contribution in [2.24, 2.45) is 0 Å². The van der Waals surface area contributed by atoms with Crippen molar-refractivity contribution in [3.05, 3.63) is 54.1 Å². The van der Waals surface area contributed by atoms with Gasteiger partial charge in [0.1, 0.15) is 17.2 Å². The second-order valence-electron chi connectivity index (χ2n) is 4.86. The molecule has 0 aliphatic heterocycles. The number of amides is 1. The average molecular weight is 327 g/mol. The topological polar surface area (TPSA) is 56.8 Å². The standard InChI is InChI=1S/C19H21NO4/c1-4-24-17-8-6-5-7-16(17)20-19(21)12-10-14-9-11-15(22-2)13-18(14)23-3/h5-13H,4H2,1-3H3,(H,20,21). The number of carbonyl (C=O) groups excluding carboxylic acids is 1. The summed E-state index contributed by atoms with van der Waals surface area (Å²) in [6, 6.07) is 12.7. The maximum Gasteiger partial charge on any atom is 0.248 e. The van der Waals surface area contributed by atoms with Gasteiger partial charge in [0.2, 0.25) is 5.91 Å². The zero-order chi connectivity index (χ0) is 17.4. The van der Waals surface area contributed by atoms with Crippen LogP contribution in [0.2, 0.25) is 0 Å². The third-order valence-electron chi connectivity index (χ3n) is 3.30. The number of ether oxygens (including phenoxy) is 3. The first-order chi connectivity index (χ1) is 11.7. The molecule has 0 aliphatic rings. The Balaban J connectivity index is 2.11. The molecule has 126 valence electrons. The van der Waals surface area contributed by atoms with Gasteiger partial charge < -0.3 is 19.5 Å². The highest BCUT2D eigenvalue weighted by Crippen LogP contribution is 2.26. The van der Waals surface area contributed by atoms with Crippen LogP contribution in [0.25, 0.3) is 6.08 Å². The van der Waals surface area contributed by atoms with E-state index in [1.807, 2.05) is 37.3 Å². The van der Waals surface area contributed by atoms with Crippen LogP contribution in [0.3, 0.4) is 0 Å². The van der Waals surface area contributed by atoms with Crippen molar-refractivity contribution >= 4 is 17.7 Å². The number of anilines is 1. The first-order valence-corrected chi connectivity index (χ1v) is 7.60. The van der Waals surface area contributed by atoms with E-state index in [1.54, 1.807) is 32.4 Å². The molecule has 1 amide bonds. The van der Waals surface area contributed by atoms with Gasteiger partial charge in [-0.05, 0) is 37.3 Å². The summed E-state index contributed by atoms with van der Waals surface area (Å²) in [6.07, 6.45) is 3.14. The van der Waals surface area contributed by atoms with Crippen molar-refractivity contribution in [2.75, 3.05) is 26.1 Å². The summed E-state index contributed by atoms with van der Waals surface area (Å²) in [4.78, 5) is 12.1. The number of hydrogen-bond acceptors (Lipinski definition) is 4. The number of nitrogens with one attached hydrogen (secondary N) is 1. The van der Waals surface area contributed by atoms with Gasteiger partial charge in [-0.1, -0.05) is 12.1 Å². The lowest BCUT2D eigenvalue weighted by atomic mass is 10.1. The largest absolute Gasteiger partial charge is 0.497 e. The lowest BCUT2D eigenvalue weighted by molar-refractivity contribution is -0.111. The molecule has 2 aromatic carbocycles. The number of hydrogen-bond donors (Lipinski definition) is 1. The molecule has 0 aromatic heterocycles. The Hall–Kier alpha value is -2.95. The molecule has 0 bridgehead atoms. The highest BCUT2D eigenvalue weighted by molar-refractivity contribution is 6.02. The first-order valence-electron chi connectivity index (χ1n) is 7.60. The Kier molecular flexibility index (Phi) is 6.25. The van der Waals surface area contributed by atoms with Gasteiger partial charge in [-0.3, -0.25) is 4.79 Å². The molecule has 0 atom stereocenters. The lowest BCUT2D eigenvalue weighted by Gasteiger charge is -2.10. The first kappa shape index (κ1) is 17.4. The van der Waals surface area contributed by atoms with Gasteiger partial charge in [0, 0.05) is 17.7 Å². The molecule has 24 heavy (non-hydrogen) atoms. The van der Waals surface area contributed by atoms with Crippen LogP contribution in [-0.2, 0) is 4.79 Å². The molecular weight excluding hydrogens is 306 g/mol. The second-order valence-corrected chi connectivity index (χ2v) is 4.86. The van der Waals surface area contributed by atoms with Gasteiger partial charge in [-0.15, -0.1) is 0 Å². The number of rotatable bonds is 7. The molecule has 0 spiro atoms. The van der Waals surface area contributed by atoms with Crippen molar-refractivity contribution in [2.45, 2.75) is 6.92 Å². The number of para-hydroxylation sites is 2. The molecule has 2 aromatic rings. The van der Waals surface area contributed by atoms with Crippen LogP contribution in [-0.4, -0.2) is 26.7 Å². The normalized spacial score (nSPS) is 10.5. The maximum atomic E-state index is 12.1. The highest BCUT2D eigenvalue weighted by Gasteiger charge is 2.06. The average Bonchev–Trinajstić information content (AvgIpc) is 2.61. The SMILES string of the molecule is CCOc1ccccc1NC(=O)C=Cc1ccc(OC)cc1OC. The Morgan fingerprint density at radius 2 is 1.88 bits per heavy atom. The van der Waals surface area contributed by atoms with Crippen LogP contribution in [0.15, 0.2) is 48.5 Å². The summed E-state index contributed by atoms with van der Waals surface area (Å²) in [6.45, 7) is 2.43. The molecule has 0 aliphatic carbocycles.